The van der Waals surface area contributed by atoms with Crippen LogP contribution in [0.5, 0.6) is 0 Å². The molecule has 0 atom stereocenters. The fourth-order valence-corrected chi connectivity index (χ4v) is 3.40. The van der Waals surface area contributed by atoms with Crippen LogP contribution in [-0.4, -0.2) is 48.7 Å². The van der Waals surface area contributed by atoms with Gasteiger partial charge >= 0.3 is 5.97 Å². The molecule has 0 saturated carbocycles. The summed E-state index contributed by atoms with van der Waals surface area (Å²) in [6, 6.07) is 8.56. The lowest BCUT2D eigenvalue weighted by atomic mass is 10.2. The predicted molar refractivity (Wildman–Crippen MR) is 78.1 cm³/mol. The zero-order valence-electron chi connectivity index (χ0n) is 10.6. The molecule has 1 aliphatic rings. The van der Waals surface area contributed by atoms with Gasteiger partial charge in [-0.3, -0.25) is 9.69 Å². The summed E-state index contributed by atoms with van der Waals surface area (Å²) in [4.78, 5) is 15.1. The minimum atomic E-state index is -0.742. The molecule has 1 aromatic heterocycles. The van der Waals surface area contributed by atoms with Crippen molar-refractivity contribution in [3.8, 4) is 0 Å². The highest BCUT2D eigenvalue weighted by Gasteiger charge is 2.20. The topological polar surface area (TPSA) is 43.8 Å². The fourth-order valence-electron chi connectivity index (χ4n) is 2.59. The van der Waals surface area contributed by atoms with Crippen LogP contribution >= 0.6 is 11.3 Å². The second-order valence-corrected chi connectivity index (χ2v) is 5.71. The quantitative estimate of drug-likeness (QED) is 0.932. The molecule has 0 spiro atoms. The normalized spacial score (nSPS) is 16.9. The minimum absolute atomic E-state index is 0.149. The molecule has 0 bridgehead atoms. The Labute approximate surface area is 115 Å². The number of thiophene rings is 1. The monoisotopic (exact) mass is 276 g/mol. The molecule has 2 aromatic rings. The van der Waals surface area contributed by atoms with Gasteiger partial charge in [-0.25, -0.2) is 0 Å². The van der Waals surface area contributed by atoms with E-state index in [4.69, 9.17) is 5.11 Å². The number of carboxylic acid groups (broad SMARTS) is 1. The second-order valence-electron chi connectivity index (χ2n) is 4.77. The standard InChI is InChI=1S/C14H16N2O2S/c17-14(18)10-15-5-7-16(8-6-15)12-2-1-3-13-11(12)4-9-19-13/h1-4,9H,5-8,10H2,(H,17,18). The first kappa shape index (κ1) is 12.4. The number of hydrogen-bond acceptors (Lipinski definition) is 4. The van der Waals surface area contributed by atoms with E-state index in [0.717, 1.165) is 26.2 Å². The average molecular weight is 276 g/mol. The van der Waals surface area contributed by atoms with E-state index in [1.54, 1.807) is 11.3 Å². The molecule has 1 fully saturated rings. The summed E-state index contributed by atoms with van der Waals surface area (Å²) >= 11 is 1.76. The number of carbonyl (C=O) groups is 1. The van der Waals surface area contributed by atoms with E-state index in [1.165, 1.54) is 15.8 Å². The van der Waals surface area contributed by atoms with Crippen LogP contribution in [0.4, 0.5) is 5.69 Å². The third kappa shape index (κ3) is 2.57. The summed E-state index contributed by atoms with van der Waals surface area (Å²) in [5.74, 6) is -0.742. The van der Waals surface area contributed by atoms with Crippen molar-refractivity contribution in [3.63, 3.8) is 0 Å². The lowest BCUT2D eigenvalue weighted by Crippen LogP contribution is -2.48. The molecular formula is C14H16N2O2S. The van der Waals surface area contributed by atoms with Gasteiger partial charge in [0.15, 0.2) is 0 Å². The highest BCUT2D eigenvalue weighted by Crippen LogP contribution is 2.30. The highest BCUT2D eigenvalue weighted by atomic mass is 32.1. The van der Waals surface area contributed by atoms with Crippen LogP contribution in [0.1, 0.15) is 0 Å². The van der Waals surface area contributed by atoms with E-state index in [9.17, 15) is 4.79 Å². The summed E-state index contributed by atoms with van der Waals surface area (Å²) in [5, 5.41) is 12.2. The molecule has 3 rings (SSSR count). The van der Waals surface area contributed by atoms with Gasteiger partial charge in [0.25, 0.3) is 0 Å². The van der Waals surface area contributed by atoms with Gasteiger partial charge in [-0.05, 0) is 23.6 Å². The van der Waals surface area contributed by atoms with Crippen molar-refractivity contribution >= 4 is 33.1 Å². The van der Waals surface area contributed by atoms with Gasteiger partial charge in [0.1, 0.15) is 0 Å². The van der Waals surface area contributed by atoms with Gasteiger partial charge in [-0.2, -0.15) is 0 Å². The first-order valence-corrected chi connectivity index (χ1v) is 7.27. The van der Waals surface area contributed by atoms with Crippen LogP contribution in [0.15, 0.2) is 29.6 Å². The molecule has 2 heterocycles. The van der Waals surface area contributed by atoms with Crippen LogP contribution in [0.2, 0.25) is 0 Å². The number of benzene rings is 1. The van der Waals surface area contributed by atoms with Crippen molar-refractivity contribution in [2.75, 3.05) is 37.6 Å². The maximum Gasteiger partial charge on any atom is 0.317 e. The molecule has 5 heteroatoms. The number of hydrogen-bond donors (Lipinski definition) is 1. The Morgan fingerprint density at radius 3 is 2.74 bits per heavy atom. The molecule has 0 unspecified atom stereocenters. The highest BCUT2D eigenvalue weighted by molar-refractivity contribution is 7.17. The lowest BCUT2D eigenvalue weighted by molar-refractivity contribution is -0.138. The van der Waals surface area contributed by atoms with Gasteiger partial charge in [-0.1, -0.05) is 6.07 Å². The first-order valence-electron chi connectivity index (χ1n) is 6.39. The number of nitrogens with zero attached hydrogens (tertiary/aromatic N) is 2. The molecule has 1 N–H and O–H groups in total. The minimum Gasteiger partial charge on any atom is -0.480 e. The summed E-state index contributed by atoms with van der Waals surface area (Å²) < 4.78 is 1.31. The van der Waals surface area contributed by atoms with Crippen LogP contribution in [0, 0.1) is 0 Å². The van der Waals surface area contributed by atoms with E-state index >= 15 is 0 Å². The largest absolute Gasteiger partial charge is 0.480 e. The summed E-state index contributed by atoms with van der Waals surface area (Å²) in [5.41, 5.74) is 1.27. The number of fused-ring (bicyclic) bond motifs is 1. The Balaban J connectivity index is 1.75. The van der Waals surface area contributed by atoms with Crippen molar-refractivity contribution in [1.82, 2.24) is 4.90 Å². The lowest BCUT2D eigenvalue weighted by Gasteiger charge is -2.35. The average Bonchev–Trinajstić information content (AvgIpc) is 2.87. The third-order valence-electron chi connectivity index (χ3n) is 3.54. The number of aliphatic carboxylic acids is 1. The molecule has 0 radical (unpaired) electrons. The smallest absolute Gasteiger partial charge is 0.317 e. The van der Waals surface area contributed by atoms with Gasteiger partial charge in [0.05, 0.1) is 6.54 Å². The van der Waals surface area contributed by atoms with Crippen molar-refractivity contribution in [2.24, 2.45) is 0 Å². The zero-order chi connectivity index (χ0) is 13.2. The summed E-state index contributed by atoms with van der Waals surface area (Å²) in [6.07, 6.45) is 0. The van der Waals surface area contributed by atoms with E-state index in [2.05, 4.69) is 34.5 Å². The third-order valence-corrected chi connectivity index (χ3v) is 4.43. The predicted octanol–water partition coefficient (Wildman–Crippen LogP) is 2.11. The molecule has 0 aliphatic carbocycles. The van der Waals surface area contributed by atoms with Gasteiger partial charge in [0, 0.05) is 42.0 Å². The SMILES string of the molecule is O=C(O)CN1CCN(c2cccc3sccc23)CC1. The number of piperazine rings is 1. The van der Waals surface area contributed by atoms with E-state index in [-0.39, 0.29) is 6.54 Å². The van der Waals surface area contributed by atoms with Crippen molar-refractivity contribution in [3.05, 3.63) is 29.6 Å². The van der Waals surface area contributed by atoms with Crippen LogP contribution < -0.4 is 4.90 Å². The van der Waals surface area contributed by atoms with Crippen LogP contribution in [0.3, 0.4) is 0 Å². The molecule has 19 heavy (non-hydrogen) atoms. The Morgan fingerprint density at radius 1 is 1.21 bits per heavy atom. The van der Waals surface area contributed by atoms with Crippen molar-refractivity contribution in [2.45, 2.75) is 0 Å². The molecular weight excluding hydrogens is 260 g/mol. The Morgan fingerprint density at radius 2 is 2.00 bits per heavy atom. The Hall–Kier alpha value is -1.59. The summed E-state index contributed by atoms with van der Waals surface area (Å²) in [6.45, 7) is 3.56. The second kappa shape index (κ2) is 5.19. The fraction of sp³-hybridized carbons (Fsp3) is 0.357. The van der Waals surface area contributed by atoms with Gasteiger partial charge in [0.2, 0.25) is 0 Å². The zero-order valence-corrected chi connectivity index (χ0v) is 11.4. The molecule has 0 amide bonds. The van der Waals surface area contributed by atoms with E-state index in [0.29, 0.717) is 0 Å². The maximum atomic E-state index is 10.7. The molecule has 1 aliphatic heterocycles. The van der Waals surface area contributed by atoms with E-state index < -0.39 is 5.97 Å². The molecule has 1 aromatic carbocycles. The van der Waals surface area contributed by atoms with Crippen LogP contribution in [-0.2, 0) is 4.79 Å². The Kier molecular flexibility index (Phi) is 3.40. The van der Waals surface area contributed by atoms with Crippen molar-refractivity contribution < 1.29 is 9.90 Å². The van der Waals surface area contributed by atoms with Gasteiger partial charge < -0.3 is 10.0 Å². The number of carboxylic acids is 1. The Bertz CT molecular complexity index is 588. The molecule has 1 saturated heterocycles. The number of rotatable bonds is 3. The molecule has 4 nitrogen and oxygen atoms in total. The maximum absolute atomic E-state index is 10.7. The molecule has 100 valence electrons. The first-order chi connectivity index (χ1) is 9.24. The van der Waals surface area contributed by atoms with Crippen molar-refractivity contribution in [1.29, 1.82) is 0 Å². The summed E-state index contributed by atoms with van der Waals surface area (Å²) in [7, 11) is 0. The van der Waals surface area contributed by atoms with E-state index in [1.807, 2.05) is 4.90 Å². The van der Waals surface area contributed by atoms with Crippen LogP contribution in [0.25, 0.3) is 10.1 Å². The van der Waals surface area contributed by atoms with Gasteiger partial charge in [-0.15, -0.1) is 11.3 Å². The number of anilines is 1.